The third-order valence-corrected chi connectivity index (χ3v) is 4.38. The van der Waals surface area contributed by atoms with E-state index in [1.54, 1.807) is 17.5 Å². The Morgan fingerprint density at radius 1 is 1.29 bits per heavy atom. The fraction of sp³-hybridized carbons (Fsp3) is 0.235. The number of carbonyl (C=O) groups excluding carboxylic acids is 1. The molecule has 0 radical (unpaired) electrons. The monoisotopic (exact) mass is 341 g/mol. The average molecular weight is 341 g/mol. The second kappa shape index (κ2) is 7.74. The number of aromatic nitrogens is 3. The Kier molecular flexibility index (Phi) is 5.22. The van der Waals surface area contributed by atoms with Crippen molar-refractivity contribution < 1.29 is 4.79 Å². The zero-order valence-electron chi connectivity index (χ0n) is 13.4. The number of rotatable bonds is 6. The van der Waals surface area contributed by atoms with E-state index >= 15 is 0 Å². The number of benzene rings is 1. The van der Waals surface area contributed by atoms with E-state index in [2.05, 4.69) is 20.7 Å². The molecule has 2 aromatic heterocycles. The first-order valence-corrected chi connectivity index (χ1v) is 8.53. The van der Waals surface area contributed by atoms with Gasteiger partial charge < -0.3 is 10.6 Å². The number of hydrogen-bond donors (Lipinski definition) is 2. The zero-order chi connectivity index (χ0) is 16.8. The van der Waals surface area contributed by atoms with Gasteiger partial charge in [-0.15, -0.1) is 11.3 Å². The van der Waals surface area contributed by atoms with Gasteiger partial charge in [0.15, 0.2) is 0 Å². The van der Waals surface area contributed by atoms with Crippen molar-refractivity contribution in [2.75, 3.05) is 11.9 Å². The molecule has 2 N–H and O–H groups in total. The number of amides is 2. The smallest absolute Gasteiger partial charge is 0.319 e. The normalized spacial score (nSPS) is 10.5. The predicted octanol–water partition coefficient (Wildman–Crippen LogP) is 3.06. The van der Waals surface area contributed by atoms with Crippen LogP contribution in [0.1, 0.15) is 15.4 Å². The standard InChI is InChI=1S/C17H19N5OS/c1-13-11-19-16(24-13)7-9-18-17(23)21-15-5-3-14(4-6-15)12-22-10-2-8-20-22/h2-6,8,10-11H,7,9,12H2,1H3,(H2,18,21,23). The predicted molar refractivity (Wildman–Crippen MR) is 95.3 cm³/mol. The van der Waals surface area contributed by atoms with Crippen molar-refractivity contribution in [2.45, 2.75) is 19.9 Å². The van der Waals surface area contributed by atoms with Gasteiger partial charge in [0, 0.05) is 42.1 Å². The summed E-state index contributed by atoms with van der Waals surface area (Å²) >= 11 is 1.66. The fourth-order valence-corrected chi connectivity index (χ4v) is 3.04. The number of anilines is 1. The number of thiazole rings is 1. The molecule has 0 saturated heterocycles. The third-order valence-electron chi connectivity index (χ3n) is 3.41. The van der Waals surface area contributed by atoms with E-state index in [1.807, 2.05) is 54.3 Å². The van der Waals surface area contributed by atoms with E-state index in [0.717, 1.165) is 22.7 Å². The summed E-state index contributed by atoms with van der Waals surface area (Å²) in [6, 6.07) is 9.44. The van der Waals surface area contributed by atoms with Gasteiger partial charge in [0.1, 0.15) is 0 Å². The number of nitrogens with zero attached hydrogens (tertiary/aromatic N) is 3. The molecule has 124 valence electrons. The molecule has 0 aliphatic carbocycles. The highest BCUT2D eigenvalue weighted by molar-refractivity contribution is 7.11. The maximum absolute atomic E-state index is 11.9. The average Bonchev–Trinajstić information content (AvgIpc) is 3.21. The summed E-state index contributed by atoms with van der Waals surface area (Å²) in [6.45, 7) is 3.31. The molecule has 2 amide bonds. The van der Waals surface area contributed by atoms with Crippen molar-refractivity contribution in [2.24, 2.45) is 0 Å². The summed E-state index contributed by atoms with van der Waals surface area (Å²) in [5.74, 6) is 0. The van der Waals surface area contributed by atoms with Crippen LogP contribution in [-0.4, -0.2) is 27.3 Å². The van der Waals surface area contributed by atoms with Gasteiger partial charge >= 0.3 is 6.03 Å². The van der Waals surface area contributed by atoms with Crippen LogP contribution < -0.4 is 10.6 Å². The van der Waals surface area contributed by atoms with Gasteiger partial charge in [0.2, 0.25) is 0 Å². The number of urea groups is 1. The molecule has 0 spiro atoms. The lowest BCUT2D eigenvalue weighted by atomic mass is 10.2. The van der Waals surface area contributed by atoms with E-state index in [0.29, 0.717) is 13.1 Å². The minimum absolute atomic E-state index is 0.205. The first-order valence-electron chi connectivity index (χ1n) is 7.71. The number of aryl methyl sites for hydroxylation is 1. The van der Waals surface area contributed by atoms with Gasteiger partial charge in [-0.3, -0.25) is 4.68 Å². The Bertz CT molecular complexity index is 780. The molecule has 3 aromatic rings. The van der Waals surface area contributed by atoms with Crippen molar-refractivity contribution >= 4 is 23.1 Å². The minimum atomic E-state index is -0.205. The van der Waals surface area contributed by atoms with Crippen LogP contribution in [0.25, 0.3) is 0 Å². The number of carbonyl (C=O) groups is 1. The van der Waals surface area contributed by atoms with Gasteiger partial charge in [-0.05, 0) is 30.7 Å². The van der Waals surface area contributed by atoms with Gasteiger partial charge in [-0.1, -0.05) is 12.1 Å². The molecule has 24 heavy (non-hydrogen) atoms. The SMILES string of the molecule is Cc1cnc(CCNC(=O)Nc2ccc(Cn3cccn3)cc2)s1. The molecular formula is C17H19N5OS. The quantitative estimate of drug-likeness (QED) is 0.724. The largest absolute Gasteiger partial charge is 0.337 e. The summed E-state index contributed by atoms with van der Waals surface area (Å²) in [6.07, 6.45) is 6.27. The highest BCUT2D eigenvalue weighted by atomic mass is 32.1. The number of nitrogens with one attached hydrogen (secondary N) is 2. The molecule has 7 heteroatoms. The van der Waals surface area contributed by atoms with Gasteiger partial charge in [0.05, 0.1) is 11.6 Å². The lowest BCUT2D eigenvalue weighted by Gasteiger charge is -2.08. The second-order valence-corrected chi connectivity index (χ2v) is 6.72. The molecule has 0 aliphatic rings. The molecule has 0 atom stereocenters. The summed E-state index contributed by atoms with van der Waals surface area (Å²) in [7, 11) is 0. The Balaban J connectivity index is 1.44. The first-order chi connectivity index (χ1) is 11.7. The fourth-order valence-electron chi connectivity index (χ4n) is 2.25. The number of hydrogen-bond acceptors (Lipinski definition) is 4. The highest BCUT2D eigenvalue weighted by Gasteiger charge is 2.03. The van der Waals surface area contributed by atoms with Crippen molar-refractivity contribution in [3.63, 3.8) is 0 Å². The first kappa shape index (κ1) is 16.2. The molecule has 1 aromatic carbocycles. The van der Waals surface area contributed by atoms with Gasteiger partial charge in [-0.2, -0.15) is 5.10 Å². The summed E-state index contributed by atoms with van der Waals surface area (Å²) in [4.78, 5) is 17.4. The van der Waals surface area contributed by atoms with Crippen molar-refractivity contribution in [1.82, 2.24) is 20.1 Å². The summed E-state index contributed by atoms with van der Waals surface area (Å²) in [5.41, 5.74) is 1.89. The Labute approximate surface area is 144 Å². The molecule has 0 aliphatic heterocycles. The molecule has 0 fully saturated rings. The maximum atomic E-state index is 11.9. The van der Waals surface area contributed by atoms with Crippen molar-refractivity contribution in [1.29, 1.82) is 0 Å². The van der Waals surface area contributed by atoms with Crippen LogP contribution >= 0.6 is 11.3 Å². The van der Waals surface area contributed by atoms with E-state index in [1.165, 1.54) is 4.88 Å². The van der Waals surface area contributed by atoms with Crippen molar-refractivity contribution in [3.05, 3.63) is 64.4 Å². The van der Waals surface area contributed by atoms with E-state index in [9.17, 15) is 4.79 Å². The van der Waals surface area contributed by atoms with Crippen LogP contribution in [0.4, 0.5) is 10.5 Å². The Morgan fingerprint density at radius 3 is 2.79 bits per heavy atom. The molecular weight excluding hydrogens is 322 g/mol. The lowest BCUT2D eigenvalue weighted by molar-refractivity contribution is 0.252. The van der Waals surface area contributed by atoms with Crippen LogP contribution in [0.5, 0.6) is 0 Å². The van der Waals surface area contributed by atoms with Gasteiger partial charge in [-0.25, -0.2) is 9.78 Å². The zero-order valence-corrected chi connectivity index (χ0v) is 14.2. The van der Waals surface area contributed by atoms with Crippen LogP contribution in [0.3, 0.4) is 0 Å². The van der Waals surface area contributed by atoms with Gasteiger partial charge in [0.25, 0.3) is 0 Å². The molecule has 0 unspecified atom stereocenters. The Hall–Kier alpha value is -2.67. The molecule has 3 rings (SSSR count). The summed E-state index contributed by atoms with van der Waals surface area (Å²) in [5, 5.41) is 10.9. The lowest BCUT2D eigenvalue weighted by Crippen LogP contribution is -2.30. The molecule has 0 saturated carbocycles. The van der Waals surface area contributed by atoms with Crippen LogP contribution in [-0.2, 0) is 13.0 Å². The van der Waals surface area contributed by atoms with E-state index < -0.39 is 0 Å². The van der Waals surface area contributed by atoms with Crippen molar-refractivity contribution in [3.8, 4) is 0 Å². The van der Waals surface area contributed by atoms with Crippen LogP contribution in [0.2, 0.25) is 0 Å². The minimum Gasteiger partial charge on any atom is -0.337 e. The highest BCUT2D eigenvalue weighted by Crippen LogP contribution is 2.12. The Morgan fingerprint density at radius 2 is 2.12 bits per heavy atom. The molecule has 6 nitrogen and oxygen atoms in total. The van der Waals surface area contributed by atoms with Crippen LogP contribution in [0.15, 0.2) is 48.9 Å². The van der Waals surface area contributed by atoms with E-state index in [-0.39, 0.29) is 6.03 Å². The molecule has 2 heterocycles. The summed E-state index contributed by atoms with van der Waals surface area (Å²) < 4.78 is 1.86. The van der Waals surface area contributed by atoms with Crippen LogP contribution in [0, 0.1) is 6.92 Å². The topological polar surface area (TPSA) is 71.8 Å². The molecule has 0 bridgehead atoms. The maximum Gasteiger partial charge on any atom is 0.319 e. The van der Waals surface area contributed by atoms with E-state index in [4.69, 9.17) is 0 Å². The second-order valence-electron chi connectivity index (χ2n) is 5.40. The third kappa shape index (κ3) is 4.66.